The summed E-state index contributed by atoms with van der Waals surface area (Å²) >= 11 is 0. The molecular formula is C21H30O4. The van der Waals surface area contributed by atoms with Gasteiger partial charge in [-0.25, -0.2) is 0 Å². The van der Waals surface area contributed by atoms with Crippen molar-refractivity contribution in [2.45, 2.75) is 58.5 Å². The topological polar surface area (TPSA) is 63.6 Å². The minimum Gasteiger partial charge on any atom is -0.469 e. The second kappa shape index (κ2) is 5.67. The maximum Gasteiger partial charge on any atom is 0.309 e. The SMILES string of the molecule is COC(=O)[C@H]1CC[C@H]2[C@@H]3CC[C@H]4C[C@H](O)C=C[C@]4(C)[C@H]3C(=O)C[C@]12C. The largest absolute Gasteiger partial charge is 0.469 e. The quantitative estimate of drug-likeness (QED) is 0.585. The number of fused-ring (bicyclic) bond motifs is 5. The first kappa shape index (κ1) is 17.3. The van der Waals surface area contributed by atoms with Gasteiger partial charge in [-0.1, -0.05) is 26.0 Å². The fourth-order valence-electron chi connectivity index (χ4n) is 7.14. The molecule has 4 aliphatic rings. The van der Waals surface area contributed by atoms with Crippen LogP contribution in [0.25, 0.3) is 0 Å². The molecule has 3 saturated carbocycles. The lowest BCUT2D eigenvalue weighted by Crippen LogP contribution is -2.57. The number of ether oxygens (including phenoxy) is 1. The number of aliphatic hydroxyl groups is 1. The summed E-state index contributed by atoms with van der Waals surface area (Å²) in [6.45, 7) is 4.37. The highest BCUT2D eigenvalue weighted by atomic mass is 16.5. The Morgan fingerprint density at radius 2 is 2.00 bits per heavy atom. The average Bonchev–Trinajstić information content (AvgIpc) is 2.91. The molecule has 0 aromatic rings. The molecule has 0 aromatic heterocycles. The molecule has 0 aliphatic heterocycles. The van der Waals surface area contributed by atoms with Crippen molar-refractivity contribution in [3.8, 4) is 0 Å². The minimum atomic E-state index is -0.367. The Morgan fingerprint density at radius 1 is 1.24 bits per heavy atom. The predicted molar refractivity (Wildman–Crippen MR) is 93.5 cm³/mol. The molecule has 0 spiro atoms. The first-order chi connectivity index (χ1) is 11.8. The second-order valence-electron chi connectivity index (χ2n) is 9.35. The molecule has 4 nitrogen and oxygen atoms in total. The maximum absolute atomic E-state index is 13.3. The van der Waals surface area contributed by atoms with E-state index in [1.807, 2.05) is 6.08 Å². The van der Waals surface area contributed by atoms with Crippen molar-refractivity contribution < 1.29 is 19.4 Å². The Balaban J connectivity index is 1.70. The van der Waals surface area contributed by atoms with Gasteiger partial charge >= 0.3 is 5.97 Å². The van der Waals surface area contributed by atoms with Crippen molar-refractivity contribution in [1.29, 1.82) is 0 Å². The summed E-state index contributed by atoms with van der Waals surface area (Å²) in [5.74, 6) is 1.27. The zero-order chi connectivity index (χ0) is 18.0. The van der Waals surface area contributed by atoms with E-state index < -0.39 is 0 Å². The summed E-state index contributed by atoms with van der Waals surface area (Å²) in [6, 6.07) is 0. The number of hydrogen-bond donors (Lipinski definition) is 1. The first-order valence-corrected chi connectivity index (χ1v) is 9.79. The number of esters is 1. The summed E-state index contributed by atoms with van der Waals surface area (Å²) < 4.78 is 5.05. The van der Waals surface area contributed by atoms with E-state index in [9.17, 15) is 14.7 Å². The van der Waals surface area contributed by atoms with Crippen LogP contribution in [0, 0.1) is 40.4 Å². The van der Waals surface area contributed by atoms with Crippen molar-refractivity contribution in [3.63, 3.8) is 0 Å². The van der Waals surface area contributed by atoms with Gasteiger partial charge in [-0.3, -0.25) is 9.59 Å². The lowest BCUT2D eigenvalue weighted by molar-refractivity contribution is -0.160. The molecule has 4 heteroatoms. The Kier molecular flexibility index (Phi) is 3.91. The van der Waals surface area contributed by atoms with Crippen LogP contribution in [-0.4, -0.2) is 30.1 Å². The molecule has 3 fully saturated rings. The lowest BCUT2D eigenvalue weighted by Gasteiger charge is -2.58. The van der Waals surface area contributed by atoms with E-state index in [2.05, 4.69) is 19.9 Å². The van der Waals surface area contributed by atoms with Crippen LogP contribution in [0.5, 0.6) is 0 Å². The maximum atomic E-state index is 13.3. The third kappa shape index (κ3) is 2.29. The molecular weight excluding hydrogens is 316 g/mol. The molecule has 0 aromatic carbocycles. The Labute approximate surface area is 150 Å². The van der Waals surface area contributed by atoms with Crippen LogP contribution in [-0.2, 0) is 14.3 Å². The molecule has 0 saturated heterocycles. The molecule has 0 amide bonds. The zero-order valence-electron chi connectivity index (χ0n) is 15.5. The monoisotopic (exact) mass is 346 g/mol. The van der Waals surface area contributed by atoms with Gasteiger partial charge in [0, 0.05) is 12.3 Å². The van der Waals surface area contributed by atoms with Gasteiger partial charge in [-0.2, -0.15) is 0 Å². The van der Waals surface area contributed by atoms with Crippen LogP contribution >= 0.6 is 0 Å². The van der Waals surface area contributed by atoms with Crippen molar-refractivity contribution in [3.05, 3.63) is 12.2 Å². The predicted octanol–water partition coefficient (Wildman–Crippen LogP) is 3.13. The standard InChI is InChI=1S/C21H30O4/c1-20-9-8-13(22)10-12(20)4-5-14-15-6-7-16(19(24)25-3)21(15,2)11-17(23)18(14)20/h8-9,12-16,18,22H,4-7,10-11H2,1-3H3/t12-,13+,14-,15-,16+,18+,20-,21-/m0/s1. The second-order valence-corrected chi connectivity index (χ2v) is 9.35. The van der Waals surface area contributed by atoms with Gasteiger partial charge in [-0.05, 0) is 60.7 Å². The van der Waals surface area contributed by atoms with E-state index in [1.165, 1.54) is 7.11 Å². The normalized spacial score (nSPS) is 51.4. The molecule has 4 aliphatic carbocycles. The summed E-state index contributed by atoms with van der Waals surface area (Å²) in [5.41, 5.74) is -0.379. The van der Waals surface area contributed by atoms with Crippen molar-refractivity contribution >= 4 is 11.8 Å². The van der Waals surface area contributed by atoms with E-state index >= 15 is 0 Å². The van der Waals surface area contributed by atoms with Gasteiger partial charge in [0.1, 0.15) is 5.78 Å². The zero-order valence-corrected chi connectivity index (χ0v) is 15.5. The summed E-state index contributed by atoms with van der Waals surface area (Å²) in [4.78, 5) is 25.6. The summed E-state index contributed by atoms with van der Waals surface area (Å²) in [6.07, 6.45) is 8.92. The number of Topliss-reactive ketones (excluding diaryl/α,β-unsaturated/α-hetero) is 1. The summed E-state index contributed by atoms with van der Waals surface area (Å²) in [5, 5.41) is 10.0. The van der Waals surface area contributed by atoms with E-state index in [1.54, 1.807) is 0 Å². The molecule has 1 N–H and O–H groups in total. The fraction of sp³-hybridized carbons (Fsp3) is 0.810. The van der Waals surface area contributed by atoms with Crippen molar-refractivity contribution in [2.75, 3.05) is 7.11 Å². The Bertz CT molecular complexity index is 625. The average molecular weight is 346 g/mol. The highest BCUT2D eigenvalue weighted by molar-refractivity contribution is 5.86. The van der Waals surface area contributed by atoms with Gasteiger partial charge < -0.3 is 9.84 Å². The van der Waals surface area contributed by atoms with E-state index in [0.29, 0.717) is 30.0 Å². The number of hydrogen-bond acceptors (Lipinski definition) is 4. The molecule has 25 heavy (non-hydrogen) atoms. The fourth-order valence-corrected chi connectivity index (χ4v) is 7.14. The molecule has 0 unspecified atom stereocenters. The molecule has 0 radical (unpaired) electrons. The smallest absolute Gasteiger partial charge is 0.309 e. The lowest BCUT2D eigenvalue weighted by atomic mass is 9.45. The molecule has 138 valence electrons. The number of allylic oxidation sites excluding steroid dienone is 1. The molecule has 0 heterocycles. The number of carbonyl (C=O) groups is 2. The first-order valence-electron chi connectivity index (χ1n) is 9.79. The third-order valence-corrected chi connectivity index (χ3v) is 8.34. The van der Waals surface area contributed by atoms with Crippen molar-refractivity contribution in [2.24, 2.45) is 40.4 Å². The Hall–Kier alpha value is -1.16. The van der Waals surface area contributed by atoms with Gasteiger partial charge in [0.15, 0.2) is 0 Å². The highest BCUT2D eigenvalue weighted by Crippen LogP contribution is 2.65. The van der Waals surface area contributed by atoms with Crippen LogP contribution < -0.4 is 0 Å². The molecule has 4 rings (SSSR count). The van der Waals surface area contributed by atoms with Crippen LogP contribution in [0.3, 0.4) is 0 Å². The van der Waals surface area contributed by atoms with Gasteiger partial charge in [-0.15, -0.1) is 0 Å². The van der Waals surface area contributed by atoms with E-state index in [0.717, 1.165) is 32.1 Å². The van der Waals surface area contributed by atoms with E-state index in [4.69, 9.17) is 4.74 Å². The molecule has 0 bridgehead atoms. The number of carbonyl (C=O) groups excluding carboxylic acids is 2. The van der Waals surface area contributed by atoms with E-state index in [-0.39, 0.29) is 34.7 Å². The van der Waals surface area contributed by atoms with Crippen LogP contribution in [0.1, 0.15) is 52.4 Å². The number of methoxy groups -OCH3 is 1. The number of ketones is 1. The van der Waals surface area contributed by atoms with Crippen molar-refractivity contribution in [1.82, 2.24) is 0 Å². The van der Waals surface area contributed by atoms with Gasteiger partial charge in [0.05, 0.1) is 19.1 Å². The minimum absolute atomic E-state index is 0.0458. The highest BCUT2D eigenvalue weighted by Gasteiger charge is 2.63. The van der Waals surface area contributed by atoms with Gasteiger partial charge in [0.25, 0.3) is 0 Å². The third-order valence-electron chi connectivity index (χ3n) is 8.34. The van der Waals surface area contributed by atoms with Crippen LogP contribution in [0.4, 0.5) is 0 Å². The number of rotatable bonds is 1. The molecule has 8 atom stereocenters. The Morgan fingerprint density at radius 3 is 2.72 bits per heavy atom. The van der Waals surface area contributed by atoms with Gasteiger partial charge in [0.2, 0.25) is 0 Å². The van der Waals surface area contributed by atoms with Crippen LogP contribution in [0.2, 0.25) is 0 Å². The number of aliphatic hydroxyl groups excluding tert-OH is 1. The summed E-state index contributed by atoms with van der Waals surface area (Å²) in [7, 11) is 1.46. The van der Waals surface area contributed by atoms with Crippen LogP contribution in [0.15, 0.2) is 12.2 Å².